The molecule has 0 saturated carbocycles. The summed E-state index contributed by atoms with van der Waals surface area (Å²) >= 11 is 0. The molecule has 3 N–H and O–H groups in total. The summed E-state index contributed by atoms with van der Waals surface area (Å²) in [4.78, 5) is 19.1. The number of amides is 1. The molecule has 0 aliphatic rings. The SMILES string of the molecule is CCCc1[nH]ncc1CCN(C)CCc1c(F)c(-c2ccnc3ccoc23)cc(C(N)=O)c1C(C)CC. The van der Waals surface area contributed by atoms with Crippen molar-refractivity contribution in [2.24, 2.45) is 5.73 Å². The van der Waals surface area contributed by atoms with Crippen molar-refractivity contribution in [2.45, 2.75) is 58.8 Å². The van der Waals surface area contributed by atoms with Crippen LogP contribution >= 0.6 is 0 Å². The highest BCUT2D eigenvalue weighted by Crippen LogP contribution is 2.37. The van der Waals surface area contributed by atoms with Crippen LogP contribution in [0.5, 0.6) is 0 Å². The van der Waals surface area contributed by atoms with Gasteiger partial charge in [0.05, 0.1) is 12.5 Å². The number of pyridine rings is 1. The van der Waals surface area contributed by atoms with E-state index in [9.17, 15) is 4.79 Å². The maximum Gasteiger partial charge on any atom is 0.249 e. The summed E-state index contributed by atoms with van der Waals surface area (Å²) in [5.41, 5.74) is 11.8. The fourth-order valence-corrected chi connectivity index (χ4v) is 4.97. The van der Waals surface area contributed by atoms with Crippen molar-refractivity contribution < 1.29 is 13.6 Å². The van der Waals surface area contributed by atoms with Crippen molar-refractivity contribution in [1.82, 2.24) is 20.1 Å². The number of aromatic nitrogens is 3. The maximum atomic E-state index is 16.3. The van der Waals surface area contributed by atoms with Crippen LogP contribution in [0.1, 0.15) is 72.3 Å². The Morgan fingerprint density at radius 3 is 2.70 bits per heavy atom. The van der Waals surface area contributed by atoms with Gasteiger partial charge >= 0.3 is 0 Å². The fourth-order valence-electron chi connectivity index (χ4n) is 4.97. The van der Waals surface area contributed by atoms with Crippen LogP contribution in [0.2, 0.25) is 0 Å². The molecular weight excluding hydrogens is 469 g/mol. The average Bonchev–Trinajstić information content (AvgIpc) is 3.55. The van der Waals surface area contributed by atoms with E-state index >= 15 is 4.39 Å². The van der Waals surface area contributed by atoms with Crippen molar-refractivity contribution in [1.29, 1.82) is 0 Å². The topological polar surface area (TPSA) is 101 Å². The smallest absolute Gasteiger partial charge is 0.249 e. The third kappa shape index (κ3) is 5.59. The van der Waals surface area contributed by atoms with E-state index in [1.54, 1.807) is 24.4 Å². The molecule has 1 unspecified atom stereocenters. The number of aromatic amines is 1. The zero-order valence-corrected chi connectivity index (χ0v) is 22.1. The molecule has 196 valence electrons. The van der Waals surface area contributed by atoms with Gasteiger partial charge in [0.15, 0.2) is 5.58 Å². The van der Waals surface area contributed by atoms with Gasteiger partial charge < -0.3 is 15.1 Å². The van der Waals surface area contributed by atoms with Gasteiger partial charge in [-0.15, -0.1) is 0 Å². The lowest BCUT2D eigenvalue weighted by Gasteiger charge is -2.23. The number of halogens is 1. The Kier molecular flexibility index (Phi) is 8.38. The molecule has 37 heavy (non-hydrogen) atoms. The molecule has 1 atom stereocenters. The van der Waals surface area contributed by atoms with Gasteiger partial charge in [0.1, 0.15) is 11.3 Å². The third-order valence-corrected chi connectivity index (χ3v) is 7.22. The highest BCUT2D eigenvalue weighted by atomic mass is 19.1. The highest BCUT2D eigenvalue weighted by molar-refractivity contribution is 5.98. The Bertz CT molecular complexity index is 1380. The zero-order valence-electron chi connectivity index (χ0n) is 22.1. The molecule has 0 spiro atoms. The molecule has 8 heteroatoms. The summed E-state index contributed by atoms with van der Waals surface area (Å²) in [5.74, 6) is -0.910. The summed E-state index contributed by atoms with van der Waals surface area (Å²) < 4.78 is 22.0. The average molecular weight is 506 g/mol. The van der Waals surface area contributed by atoms with E-state index in [1.165, 1.54) is 17.5 Å². The number of nitrogens with two attached hydrogens (primary N) is 1. The largest absolute Gasteiger partial charge is 0.462 e. The Morgan fingerprint density at radius 1 is 1.19 bits per heavy atom. The summed E-state index contributed by atoms with van der Waals surface area (Å²) in [6.07, 6.45) is 9.16. The quantitative estimate of drug-likeness (QED) is 0.260. The minimum atomic E-state index is -0.556. The number of aryl methyl sites for hydroxylation is 1. The monoisotopic (exact) mass is 505 g/mol. The van der Waals surface area contributed by atoms with E-state index in [-0.39, 0.29) is 11.7 Å². The Hall–Kier alpha value is -3.52. The number of nitrogens with one attached hydrogen (secondary N) is 1. The molecule has 0 radical (unpaired) electrons. The van der Waals surface area contributed by atoms with Gasteiger partial charge in [-0.05, 0) is 67.5 Å². The molecule has 0 aliphatic heterocycles. The number of carbonyl (C=O) groups excluding carboxylic acids is 1. The van der Waals surface area contributed by atoms with Gasteiger partial charge in [0.2, 0.25) is 5.91 Å². The molecule has 3 aromatic heterocycles. The first-order valence-electron chi connectivity index (χ1n) is 13.0. The third-order valence-electron chi connectivity index (χ3n) is 7.22. The predicted molar refractivity (Wildman–Crippen MR) is 144 cm³/mol. The number of rotatable bonds is 12. The fraction of sp³-hybridized carbons (Fsp3) is 0.414. The number of benzene rings is 1. The van der Waals surface area contributed by atoms with Crippen LogP contribution in [0, 0.1) is 5.82 Å². The molecular formula is C29H36FN5O2. The summed E-state index contributed by atoms with van der Waals surface area (Å²) in [6.45, 7) is 7.65. The van der Waals surface area contributed by atoms with E-state index in [0.29, 0.717) is 51.9 Å². The minimum Gasteiger partial charge on any atom is -0.462 e. The molecule has 0 bridgehead atoms. The minimum absolute atomic E-state index is 0.0186. The summed E-state index contributed by atoms with van der Waals surface area (Å²) in [6, 6.07) is 5.03. The number of H-pyrrole nitrogens is 1. The predicted octanol–water partition coefficient (Wildman–Crippen LogP) is 5.64. The molecule has 3 heterocycles. The molecule has 0 saturated heterocycles. The van der Waals surface area contributed by atoms with Crippen LogP contribution in [0.15, 0.2) is 41.3 Å². The van der Waals surface area contributed by atoms with E-state index < -0.39 is 5.91 Å². The first-order chi connectivity index (χ1) is 17.8. The van der Waals surface area contributed by atoms with Crippen LogP contribution in [0.3, 0.4) is 0 Å². The zero-order chi connectivity index (χ0) is 26.5. The van der Waals surface area contributed by atoms with Crippen LogP contribution in [-0.2, 0) is 19.3 Å². The second-order valence-corrected chi connectivity index (χ2v) is 9.77. The lowest BCUT2D eigenvalue weighted by atomic mass is 9.84. The number of hydrogen-bond acceptors (Lipinski definition) is 5. The molecule has 1 aromatic carbocycles. The number of fused-ring (bicyclic) bond motifs is 1. The van der Waals surface area contributed by atoms with Crippen molar-refractivity contribution in [3.8, 4) is 11.1 Å². The first kappa shape index (κ1) is 26.5. The van der Waals surface area contributed by atoms with Gasteiger partial charge in [-0.3, -0.25) is 14.9 Å². The lowest BCUT2D eigenvalue weighted by Crippen LogP contribution is -2.26. The Labute approximate surface area is 217 Å². The summed E-state index contributed by atoms with van der Waals surface area (Å²) in [5, 5.41) is 7.29. The number of nitrogens with zero attached hydrogens (tertiary/aromatic N) is 3. The Morgan fingerprint density at radius 2 is 1.97 bits per heavy atom. The van der Waals surface area contributed by atoms with Crippen LogP contribution in [-0.4, -0.2) is 46.1 Å². The summed E-state index contributed by atoms with van der Waals surface area (Å²) in [7, 11) is 2.04. The molecule has 0 aliphatic carbocycles. The van der Waals surface area contributed by atoms with E-state index in [1.807, 2.05) is 27.1 Å². The molecule has 7 nitrogen and oxygen atoms in total. The number of carbonyl (C=O) groups is 1. The maximum absolute atomic E-state index is 16.3. The molecule has 4 rings (SSSR count). The van der Waals surface area contributed by atoms with Crippen LogP contribution < -0.4 is 5.73 Å². The van der Waals surface area contributed by atoms with Gasteiger partial charge in [-0.25, -0.2) is 4.39 Å². The molecule has 1 amide bonds. The van der Waals surface area contributed by atoms with Crippen molar-refractivity contribution in [3.63, 3.8) is 0 Å². The molecule has 4 aromatic rings. The normalized spacial score (nSPS) is 12.5. The number of primary amides is 1. The van der Waals surface area contributed by atoms with Gasteiger partial charge in [-0.1, -0.05) is 27.2 Å². The van der Waals surface area contributed by atoms with E-state index in [4.69, 9.17) is 10.2 Å². The van der Waals surface area contributed by atoms with Crippen LogP contribution in [0.25, 0.3) is 22.2 Å². The second kappa shape index (κ2) is 11.7. The lowest BCUT2D eigenvalue weighted by molar-refractivity contribution is 0.0998. The van der Waals surface area contributed by atoms with Gasteiger partial charge in [0, 0.05) is 47.7 Å². The Balaban J connectivity index is 1.67. The van der Waals surface area contributed by atoms with Gasteiger partial charge in [-0.2, -0.15) is 5.10 Å². The van der Waals surface area contributed by atoms with Crippen LogP contribution in [0.4, 0.5) is 4.39 Å². The number of furan rings is 1. The van der Waals surface area contributed by atoms with Crippen molar-refractivity contribution in [2.75, 3.05) is 20.1 Å². The van der Waals surface area contributed by atoms with Gasteiger partial charge in [0.25, 0.3) is 0 Å². The molecule has 0 fully saturated rings. The van der Waals surface area contributed by atoms with E-state index in [2.05, 4.69) is 27.0 Å². The van der Waals surface area contributed by atoms with E-state index in [0.717, 1.165) is 32.2 Å². The standard InChI is InChI=1S/C29H36FN5O2/c1-5-7-24-19(17-33-34-24)9-13-35(4)14-10-21-26(18(3)6-2)23(29(31)36)16-22(27(21)30)20-8-12-32-25-11-15-37-28(20)25/h8,11-12,15-18H,5-7,9-10,13-14H2,1-4H3,(H2,31,36)(H,33,34). The van der Waals surface area contributed by atoms with Crippen molar-refractivity contribution >= 4 is 17.0 Å². The number of likely N-dealkylation sites (N-methyl/N-ethyl adjacent to an activating group) is 1. The van der Waals surface area contributed by atoms with Crippen molar-refractivity contribution in [3.05, 3.63) is 70.6 Å². The second-order valence-electron chi connectivity index (χ2n) is 9.77. The first-order valence-corrected chi connectivity index (χ1v) is 13.0. The number of hydrogen-bond donors (Lipinski definition) is 2. The highest BCUT2D eigenvalue weighted by Gasteiger charge is 2.26.